The van der Waals surface area contributed by atoms with Gasteiger partial charge in [-0.25, -0.2) is 0 Å². The van der Waals surface area contributed by atoms with Gasteiger partial charge in [0.1, 0.15) is 0 Å². The number of pyridine rings is 1. The first-order valence-electron chi connectivity index (χ1n) is 5.13. The molecule has 2 N–H and O–H groups in total. The summed E-state index contributed by atoms with van der Waals surface area (Å²) in [6.07, 6.45) is 3.66. The maximum atomic E-state index is 4.10. The Morgan fingerprint density at radius 2 is 2.38 bits per heavy atom. The number of H-pyrrole nitrogens is 1. The summed E-state index contributed by atoms with van der Waals surface area (Å²) < 4.78 is 0. The molecule has 0 aliphatic carbocycles. The van der Waals surface area contributed by atoms with Crippen LogP contribution in [0.3, 0.4) is 0 Å². The molecular formula is C10H14N6. The molecule has 16 heavy (non-hydrogen) atoms. The predicted octanol–water partition coefficient (Wildman–Crippen LogP) is 0.754. The van der Waals surface area contributed by atoms with Gasteiger partial charge in [-0.15, -0.1) is 10.2 Å². The van der Waals surface area contributed by atoms with E-state index in [0.29, 0.717) is 5.82 Å². The van der Waals surface area contributed by atoms with E-state index in [-0.39, 0.29) is 6.04 Å². The van der Waals surface area contributed by atoms with Gasteiger partial charge in [0.05, 0.1) is 6.04 Å². The molecule has 2 rings (SSSR count). The van der Waals surface area contributed by atoms with Gasteiger partial charge in [-0.2, -0.15) is 5.21 Å². The van der Waals surface area contributed by atoms with Gasteiger partial charge < -0.3 is 5.32 Å². The molecule has 0 saturated heterocycles. The second kappa shape index (κ2) is 4.80. The van der Waals surface area contributed by atoms with Crippen molar-refractivity contribution in [3.8, 4) is 0 Å². The number of nitrogens with one attached hydrogen (secondary N) is 2. The molecule has 0 aliphatic heterocycles. The maximum absolute atomic E-state index is 4.10. The fourth-order valence-corrected chi connectivity index (χ4v) is 1.39. The van der Waals surface area contributed by atoms with E-state index in [9.17, 15) is 0 Å². The first-order chi connectivity index (χ1) is 7.77. The highest BCUT2D eigenvalue weighted by Crippen LogP contribution is 2.08. The number of aromatic amines is 1. The highest BCUT2D eigenvalue weighted by atomic mass is 15.5. The molecule has 0 bridgehead atoms. The molecule has 0 radical (unpaired) electrons. The summed E-state index contributed by atoms with van der Waals surface area (Å²) in [5, 5.41) is 17.1. The van der Waals surface area contributed by atoms with Crippen molar-refractivity contribution in [2.75, 3.05) is 0 Å². The Labute approximate surface area is 93.5 Å². The fourth-order valence-electron chi connectivity index (χ4n) is 1.39. The monoisotopic (exact) mass is 218 g/mol. The number of hydrogen-bond acceptors (Lipinski definition) is 5. The zero-order chi connectivity index (χ0) is 11.4. The SMILES string of the molecule is Cc1ccncc1CNC(C)c1nn[nH]n1. The average molecular weight is 218 g/mol. The quantitative estimate of drug-likeness (QED) is 0.791. The van der Waals surface area contributed by atoms with E-state index < -0.39 is 0 Å². The minimum atomic E-state index is 0.0679. The van der Waals surface area contributed by atoms with Crippen LogP contribution in [0.2, 0.25) is 0 Å². The Bertz CT molecular complexity index is 438. The molecule has 2 aromatic rings. The molecule has 2 aromatic heterocycles. The smallest absolute Gasteiger partial charge is 0.191 e. The highest BCUT2D eigenvalue weighted by molar-refractivity contribution is 5.21. The number of hydrogen-bond donors (Lipinski definition) is 2. The van der Waals surface area contributed by atoms with E-state index in [1.165, 1.54) is 11.1 Å². The van der Waals surface area contributed by atoms with Crippen LogP contribution in [0.1, 0.15) is 29.9 Å². The lowest BCUT2D eigenvalue weighted by molar-refractivity contribution is 0.545. The van der Waals surface area contributed by atoms with Gasteiger partial charge in [0.15, 0.2) is 5.82 Å². The van der Waals surface area contributed by atoms with Crippen molar-refractivity contribution in [1.29, 1.82) is 0 Å². The van der Waals surface area contributed by atoms with E-state index in [2.05, 4.69) is 37.8 Å². The van der Waals surface area contributed by atoms with Crippen LogP contribution >= 0.6 is 0 Å². The van der Waals surface area contributed by atoms with Crippen LogP contribution in [-0.2, 0) is 6.54 Å². The molecule has 0 spiro atoms. The van der Waals surface area contributed by atoms with E-state index in [1.54, 1.807) is 6.20 Å². The lowest BCUT2D eigenvalue weighted by Crippen LogP contribution is -2.19. The summed E-state index contributed by atoms with van der Waals surface area (Å²) in [4.78, 5) is 4.10. The lowest BCUT2D eigenvalue weighted by Gasteiger charge is -2.10. The van der Waals surface area contributed by atoms with E-state index in [4.69, 9.17) is 0 Å². The molecule has 2 heterocycles. The topological polar surface area (TPSA) is 79.4 Å². The van der Waals surface area contributed by atoms with Crippen LogP contribution in [0.15, 0.2) is 18.5 Å². The Balaban J connectivity index is 1.95. The van der Waals surface area contributed by atoms with Crippen LogP contribution in [0, 0.1) is 6.92 Å². The standard InChI is InChI=1S/C10H14N6/c1-7-3-4-11-5-9(7)6-12-8(2)10-13-15-16-14-10/h3-5,8,12H,6H2,1-2H3,(H,13,14,15,16). The van der Waals surface area contributed by atoms with Crippen molar-refractivity contribution in [3.05, 3.63) is 35.4 Å². The molecule has 0 saturated carbocycles. The highest BCUT2D eigenvalue weighted by Gasteiger charge is 2.09. The van der Waals surface area contributed by atoms with Gasteiger partial charge in [-0.1, -0.05) is 5.21 Å². The largest absolute Gasteiger partial charge is 0.303 e. The summed E-state index contributed by atoms with van der Waals surface area (Å²) in [6, 6.07) is 2.06. The minimum Gasteiger partial charge on any atom is -0.303 e. The van der Waals surface area contributed by atoms with Gasteiger partial charge in [0.2, 0.25) is 0 Å². The molecule has 6 heteroatoms. The number of nitrogens with zero attached hydrogens (tertiary/aromatic N) is 4. The van der Waals surface area contributed by atoms with Crippen molar-refractivity contribution in [2.45, 2.75) is 26.4 Å². The van der Waals surface area contributed by atoms with Crippen LogP contribution in [-0.4, -0.2) is 25.6 Å². The van der Waals surface area contributed by atoms with Crippen molar-refractivity contribution in [3.63, 3.8) is 0 Å². The third-order valence-corrected chi connectivity index (χ3v) is 2.50. The number of rotatable bonds is 4. The number of aryl methyl sites for hydroxylation is 1. The summed E-state index contributed by atoms with van der Waals surface area (Å²) in [5.41, 5.74) is 2.40. The van der Waals surface area contributed by atoms with Crippen molar-refractivity contribution in [2.24, 2.45) is 0 Å². The third kappa shape index (κ3) is 2.40. The van der Waals surface area contributed by atoms with Crippen molar-refractivity contribution in [1.82, 2.24) is 30.9 Å². The van der Waals surface area contributed by atoms with E-state index in [1.807, 2.05) is 19.2 Å². The van der Waals surface area contributed by atoms with Crippen LogP contribution < -0.4 is 5.32 Å². The average Bonchev–Trinajstić information content (AvgIpc) is 2.81. The van der Waals surface area contributed by atoms with Crippen LogP contribution in [0.4, 0.5) is 0 Å². The molecule has 0 fully saturated rings. The lowest BCUT2D eigenvalue weighted by atomic mass is 10.1. The molecule has 1 atom stereocenters. The first kappa shape index (κ1) is 10.7. The van der Waals surface area contributed by atoms with Crippen LogP contribution in [0.5, 0.6) is 0 Å². The second-order valence-corrected chi connectivity index (χ2v) is 3.67. The van der Waals surface area contributed by atoms with Gasteiger partial charge in [-0.3, -0.25) is 4.98 Å². The zero-order valence-electron chi connectivity index (χ0n) is 9.31. The molecule has 0 aromatic carbocycles. The molecule has 1 unspecified atom stereocenters. The molecule has 0 amide bonds. The van der Waals surface area contributed by atoms with Gasteiger partial charge in [0.25, 0.3) is 0 Å². The number of tetrazole rings is 1. The van der Waals surface area contributed by atoms with Crippen molar-refractivity contribution >= 4 is 0 Å². The summed E-state index contributed by atoms with van der Waals surface area (Å²) in [6.45, 7) is 4.81. The normalized spacial score (nSPS) is 12.6. The molecule has 0 aliphatic rings. The first-order valence-corrected chi connectivity index (χ1v) is 5.13. The summed E-state index contributed by atoms with van der Waals surface area (Å²) >= 11 is 0. The summed E-state index contributed by atoms with van der Waals surface area (Å²) in [5.74, 6) is 0.668. The Morgan fingerprint density at radius 3 is 3.06 bits per heavy atom. The van der Waals surface area contributed by atoms with Gasteiger partial charge in [-0.05, 0) is 31.0 Å². The Morgan fingerprint density at radius 1 is 1.50 bits per heavy atom. The van der Waals surface area contributed by atoms with Gasteiger partial charge >= 0.3 is 0 Å². The van der Waals surface area contributed by atoms with Gasteiger partial charge in [0, 0.05) is 18.9 Å². The Hall–Kier alpha value is -1.82. The molecular weight excluding hydrogens is 204 g/mol. The fraction of sp³-hybridized carbons (Fsp3) is 0.400. The molecule has 6 nitrogen and oxygen atoms in total. The Kier molecular flexibility index (Phi) is 3.21. The summed E-state index contributed by atoms with van der Waals surface area (Å²) in [7, 11) is 0. The van der Waals surface area contributed by atoms with Crippen LogP contribution in [0.25, 0.3) is 0 Å². The third-order valence-electron chi connectivity index (χ3n) is 2.50. The minimum absolute atomic E-state index is 0.0679. The maximum Gasteiger partial charge on any atom is 0.191 e. The zero-order valence-corrected chi connectivity index (χ0v) is 9.31. The number of aromatic nitrogens is 5. The van der Waals surface area contributed by atoms with E-state index >= 15 is 0 Å². The van der Waals surface area contributed by atoms with E-state index in [0.717, 1.165) is 6.54 Å². The second-order valence-electron chi connectivity index (χ2n) is 3.67. The van der Waals surface area contributed by atoms with Crippen molar-refractivity contribution < 1.29 is 0 Å². The predicted molar refractivity (Wildman–Crippen MR) is 58.4 cm³/mol. The molecule has 84 valence electrons.